The van der Waals surface area contributed by atoms with Crippen LogP contribution in [0.25, 0.3) is 0 Å². The SMILES string of the molecule is CCNC(c1ccccc1)C1(OCC)CCOCC1. The van der Waals surface area contributed by atoms with Gasteiger partial charge in [0.1, 0.15) is 0 Å². The van der Waals surface area contributed by atoms with Crippen LogP contribution in [0.2, 0.25) is 0 Å². The van der Waals surface area contributed by atoms with Crippen molar-refractivity contribution in [3.63, 3.8) is 0 Å². The summed E-state index contributed by atoms with van der Waals surface area (Å²) in [6.45, 7) is 7.48. The zero-order valence-corrected chi connectivity index (χ0v) is 12.0. The lowest BCUT2D eigenvalue weighted by Gasteiger charge is -2.43. The van der Waals surface area contributed by atoms with Gasteiger partial charge in [-0.25, -0.2) is 0 Å². The van der Waals surface area contributed by atoms with Crippen LogP contribution < -0.4 is 5.32 Å². The van der Waals surface area contributed by atoms with E-state index in [1.54, 1.807) is 0 Å². The molecule has 1 N–H and O–H groups in total. The monoisotopic (exact) mass is 263 g/mol. The molecule has 2 rings (SSSR count). The van der Waals surface area contributed by atoms with E-state index in [1.165, 1.54) is 5.56 Å². The Kier molecular flexibility index (Phi) is 5.37. The fraction of sp³-hybridized carbons (Fsp3) is 0.625. The van der Waals surface area contributed by atoms with Crippen LogP contribution in [0, 0.1) is 0 Å². The molecule has 1 saturated heterocycles. The van der Waals surface area contributed by atoms with Crippen LogP contribution >= 0.6 is 0 Å². The predicted octanol–water partition coefficient (Wildman–Crippen LogP) is 2.92. The summed E-state index contributed by atoms with van der Waals surface area (Å²) in [5.74, 6) is 0. The third kappa shape index (κ3) is 3.35. The molecule has 1 atom stereocenters. The number of likely N-dealkylation sites (N-methyl/N-ethyl adjacent to an activating group) is 1. The van der Waals surface area contributed by atoms with Gasteiger partial charge in [0.2, 0.25) is 0 Å². The number of nitrogens with one attached hydrogen (secondary N) is 1. The average Bonchev–Trinajstić information content (AvgIpc) is 2.47. The van der Waals surface area contributed by atoms with E-state index in [4.69, 9.17) is 9.47 Å². The first-order valence-corrected chi connectivity index (χ1v) is 7.32. The second kappa shape index (κ2) is 7.04. The van der Waals surface area contributed by atoms with Crippen molar-refractivity contribution in [1.29, 1.82) is 0 Å². The number of hydrogen-bond donors (Lipinski definition) is 1. The summed E-state index contributed by atoms with van der Waals surface area (Å²) in [4.78, 5) is 0. The van der Waals surface area contributed by atoms with Gasteiger partial charge in [-0.1, -0.05) is 37.3 Å². The zero-order valence-electron chi connectivity index (χ0n) is 12.0. The number of ether oxygens (including phenoxy) is 2. The van der Waals surface area contributed by atoms with Crippen LogP contribution in [-0.4, -0.2) is 32.0 Å². The lowest BCUT2D eigenvalue weighted by Crippen LogP contribution is -2.50. The largest absolute Gasteiger partial charge is 0.381 e. The predicted molar refractivity (Wildman–Crippen MR) is 77.3 cm³/mol. The van der Waals surface area contributed by atoms with E-state index in [1.807, 2.05) is 0 Å². The Labute approximate surface area is 116 Å². The fourth-order valence-electron chi connectivity index (χ4n) is 2.98. The minimum atomic E-state index is -0.135. The van der Waals surface area contributed by atoms with Gasteiger partial charge in [-0.05, 0) is 19.0 Å². The van der Waals surface area contributed by atoms with Gasteiger partial charge in [-0.2, -0.15) is 0 Å². The first kappa shape index (κ1) is 14.5. The Hall–Kier alpha value is -0.900. The molecule has 3 nitrogen and oxygen atoms in total. The van der Waals surface area contributed by atoms with Gasteiger partial charge in [0, 0.05) is 32.7 Å². The maximum atomic E-state index is 6.20. The van der Waals surface area contributed by atoms with E-state index in [0.717, 1.165) is 39.2 Å². The minimum Gasteiger partial charge on any atom is -0.381 e. The number of rotatable bonds is 6. The highest BCUT2D eigenvalue weighted by atomic mass is 16.5. The van der Waals surface area contributed by atoms with Gasteiger partial charge in [0.25, 0.3) is 0 Å². The summed E-state index contributed by atoms with van der Waals surface area (Å²) in [7, 11) is 0. The molecule has 1 heterocycles. The Morgan fingerprint density at radius 2 is 1.89 bits per heavy atom. The molecule has 1 aliphatic rings. The van der Waals surface area contributed by atoms with E-state index in [2.05, 4.69) is 49.5 Å². The van der Waals surface area contributed by atoms with Crippen molar-refractivity contribution < 1.29 is 9.47 Å². The molecular formula is C16H25NO2. The highest BCUT2D eigenvalue weighted by Gasteiger charge is 2.41. The summed E-state index contributed by atoms with van der Waals surface area (Å²) in [5.41, 5.74) is 1.17. The van der Waals surface area contributed by atoms with Gasteiger partial charge >= 0.3 is 0 Å². The smallest absolute Gasteiger partial charge is 0.0919 e. The van der Waals surface area contributed by atoms with Gasteiger partial charge in [0.05, 0.1) is 11.6 Å². The Morgan fingerprint density at radius 3 is 2.47 bits per heavy atom. The van der Waals surface area contributed by atoms with Crippen LogP contribution in [-0.2, 0) is 9.47 Å². The van der Waals surface area contributed by atoms with E-state index in [9.17, 15) is 0 Å². The van der Waals surface area contributed by atoms with E-state index < -0.39 is 0 Å². The third-order valence-corrected chi connectivity index (χ3v) is 3.84. The molecule has 0 spiro atoms. The first-order chi connectivity index (χ1) is 9.32. The summed E-state index contributed by atoms with van der Waals surface area (Å²) >= 11 is 0. The van der Waals surface area contributed by atoms with Crippen molar-refractivity contribution in [2.24, 2.45) is 0 Å². The highest BCUT2D eigenvalue weighted by molar-refractivity contribution is 5.23. The number of benzene rings is 1. The van der Waals surface area contributed by atoms with Gasteiger partial charge < -0.3 is 14.8 Å². The molecule has 106 valence electrons. The van der Waals surface area contributed by atoms with Gasteiger partial charge in [0.15, 0.2) is 0 Å². The van der Waals surface area contributed by atoms with E-state index >= 15 is 0 Å². The summed E-state index contributed by atoms with van der Waals surface area (Å²) in [5, 5.41) is 3.61. The summed E-state index contributed by atoms with van der Waals surface area (Å²) in [6.07, 6.45) is 1.90. The second-order valence-corrected chi connectivity index (χ2v) is 5.01. The standard InChI is InChI=1S/C16H25NO2/c1-3-17-15(14-8-6-5-7-9-14)16(19-4-2)10-12-18-13-11-16/h5-9,15,17H,3-4,10-13H2,1-2H3. The van der Waals surface area contributed by atoms with Crippen molar-refractivity contribution in [2.45, 2.75) is 38.3 Å². The minimum absolute atomic E-state index is 0.135. The number of hydrogen-bond acceptors (Lipinski definition) is 3. The highest BCUT2D eigenvalue weighted by Crippen LogP contribution is 2.37. The van der Waals surface area contributed by atoms with Crippen molar-refractivity contribution in [1.82, 2.24) is 5.32 Å². The first-order valence-electron chi connectivity index (χ1n) is 7.32. The lowest BCUT2D eigenvalue weighted by molar-refractivity contribution is -0.127. The van der Waals surface area contributed by atoms with E-state index in [0.29, 0.717) is 0 Å². The molecule has 1 aromatic rings. The van der Waals surface area contributed by atoms with Crippen molar-refractivity contribution in [3.8, 4) is 0 Å². The molecule has 1 aliphatic heterocycles. The molecule has 0 amide bonds. The summed E-state index contributed by atoms with van der Waals surface area (Å²) < 4.78 is 11.7. The molecule has 1 fully saturated rings. The topological polar surface area (TPSA) is 30.5 Å². The van der Waals surface area contributed by atoms with Crippen LogP contribution in [0.3, 0.4) is 0 Å². The van der Waals surface area contributed by atoms with Crippen LogP contribution in [0.4, 0.5) is 0 Å². The molecule has 0 radical (unpaired) electrons. The average molecular weight is 263 g/mol. The van der Waals surface area contributed by atoms with Crippen molar-refractivity contribution in [3.05, 3.63) is 35.9 Å². The quantitative estimate of drug-likeness (QED) is 0.856. The van der Waals surface area contributed by atoms with Crippen LogP contribution in [0.1, 0.15) is 38.3 Å². The Morgan fingerprint density at radius 1 is 1.21 bits per heavy atom. The van der Waals surface area contributed by atoms with Crippen molar-refractivity contribution >= 4 is 0 Å². The molecule has 0 aromatic heterocycles. The normalized spacial score (nSPS) is 20.1. The lowest BCUT2D eigenvalue weighted by atomic mass is 9.82. The maximum Gasteiger partial charge on any atom is 0.0919 e. The molecule has 0 aliphatic carbocycles. The second-order valence-electron chi connectivity index (χ2n) is 5.01. The van der Waals surface area contributed by atoms with E-state index in [-0.39, 0.29) is 11.6 Å². The van der Waals surface area contributed by atoms with Gasteiger partial charge in [-0.15, -0.1) is 0 Å². The third-order valence-electron chi connectivity index (χ3n) is 3.84. The molecule has 1 unspecified atom stereocenters. The maximum absolute atomic E-state index is 6.20. The van der Waals surface area contributed by atoms with Crippen LogP contribution in [0.5, 0.6) is 0 Å². The van der Waals surface area contributed by atoms with Gasteiger partial charge in [-0.3, -0.25) is 0 Å². The molecule has 3 heteroatoms. The molecule has 0 saturated carbocycles. The molecular weight excluding hydrogens is 238 g/mol. The zero-order chi connectivity index (χ0) is 13.6. The Bertz CT molecular complexity index is 355. The molecule has 19 heavy (non-hydrogen) atoms. The van der Waals surface area contributed by atoms with Crippen molar-refractivity contribution in [2.75, 3.05) is 26.4 Å². The fourth-order valence-corrected chi connectivity index (χ4v) is 2.98. The molecule has 0 bridgehead atoms. The molecule has 1 aromatic carbocycles. The summed E-state index contributed by atoms with van der Waals surface area (Å²) in [6, 6.07) is 10.9. The van der Waals surface area contributed by atoms with Crippen LogP contribution in [0.15, 0.2) is 30.3 Å². The Balaban J connectivity index is 2.28.